The molecule has 0 aliphatic heterocycles. The van der Waals surface area contributed by atoms with Gasteiger partial charge in [0.25, 0.3) is 0 Å². The summed E-state index contributed by atoms with van der Waals surface area (Å²) in [5.41, 5.74) is 11.3. The van der Waals surface area contributed by atoms with Crippen molar-refractivity contribution in [2.45, 2.75) is 12.8 Å². The normalized spacial score (nSPS) is 12.6. The van der Waals surface area contributed by atoms with E-state index in [1.165, 1.54) is 65.5 Å². The molecule has 0 atom stereocenters. The maximum atomic E-state index is 5.19. The Balaban J connectivity index is 1.01. The number of rotatable bonds is 5. The molecule has 0 N–H and O–H groups in total. The lowest BCUT2D eigenvalue weighted by Gasteiger charge is -2.12. The highest BCUT2D eigenvalue weighted by Gasteiger charge is 2.21. The van der Waals surface area contributed by atoms with Gasteiger partial charge in [-0.2, -0.15) is 0 Å². The van der Waals surface area contributed by atoms with Gasteiger partial charge >= 0.3 is 0 Å². The summed E-state index contributed by atoms with van der Waals surface area (Å²) in [6.45, 7) is 0. The Morgan fingerprint density at radius 1 is 0.379 bits per heavy atom. The highest BCUT2D eigenvalue weighted by atomic mass is 15.0. The van der Waals surface area contributed by atoms with Crippen molar-refractivity contribution in [2.24, 2.45) is 0 Å². The van der Waals surface area contributed by atoms with E-state index >= 15 is 0 Å². The molecule has 0 unspecified atom stereocenters. The van der Waals surface area contributed by atoms with Gasteiger partial charge in [0.2, 0.25) is 0 Å². The van der Waals surface area contributed by atoms with E-state index in [2.05, 4.69) is 179 Å². The second-order valence-electron chi connectivity index (χ2n) is 15.2. The molecule has 3 aromatic heterocycles. The van der Waals surface area contributed by atoms with Crippen LogP contribution >= 0.6 is 0 Å². The highest BCUT2D eigenvalue weighted by molar-refractivity contribution is 6.16. The third-order valence-corrected chi connectivity index (χ3v) is 11.8. The smallest absolute Gasteiger partial charge is 0.164 e. The van der Waals surface area contributed by atoms with Crippen molar-refractivity contribution >= 4 is 60.3 Å². The number of aryl methyl sites for hydroxylation is 1. The van der Waals surface area contributed by atoms with Crippen LogP contribution in [0.5, 0.6) is 0 Å². The number of para-hydroxylation sites is 1. The Morgan fingerprint density at radius 2 is 0.879 bits per heavy atom. The molecule has 0 bridgehead atoms. The first kappa shape index (κ1) is 32.6. The molecule has 272 valence electrons. The lowest BCUT2D eigenvalue weighted by Crippen LogP contribution is -2.01. The maximum Gasteiger partial charge on any atom is 0.164 e. The standard InChI is InChI=1S/C53H35N5/c1-3-13-34(14-4-1)51-54-52(56-53(55-51)40-25-28-48-44(31-40)43-21-11-12-22-47(43)57(48)41-19-5-2-6-20-41)35-23-26-42(27-24-35)58-49-32-38-17-9-7-15-36(38)29-45(49)46-30-37-16-8-10-18-39(37)33-50(46)58/h1-10,12-20,22-33H,11,21H2. The Bertz CT molecular complexity index is 3340. The Hall–Kier alpha value is -7.63. The Labute approximate surface area is 334 Å². The number of allylic oxidation sites excluding steroid dienone is 1. The molecule has 0 radical (unpaired) electrons. The van der Waals surface area contributed by atoms with Gasteiger partial charge in [0.15, 0.2) is 17.5 Å². The van der Waals surface area contributed by atoms with Crippen LogP contribution in [-0.2, 0) is 6.42 Å². The topological polar surface area (TPSA) is 48.5 Å². The molecule has 12 rings (SSSR count). The van der Waals surface area contributed by atoms with Crippen molar-refractivity contribution in [3.63, 3.8) is 0 Å². The van der Waals surface area contributed by atoms with Crippen LogP contribution in [0.25, 0.3) is 106 Å². The summed E-state index contributed by atoms with van der Waals surface area (Å²) >= 11 is 0. The molecular formula is C53H35N5. The minimum atomic E-state index is 0.640. The second-order valence-corrected chi connectivity index (χ2v) is 15.2. The van der Waals surface area contributed by atoms with E-state index in [1.54, 1.807) is 0 Å². The van der Waals surface area contributed by atoms with Crippen molar-refractivity contribution in [3.05, 3.63) is 193 Å². The molecule has 58 heavy (non-hydrogen) atoms. The van der Waals surface area contributed by atoms with Gasteiger partial charge in [-0.15, -0.1) is 0 Å². The molecule has 1 aliphatic carbocycles. The first-order valence-corrected chi connectivity index (χ1v) is 19.9. The van der Waals surface area contributed by atoms with Crippen molar-refractivity contribution < 1.29 is 0 Å². The Morgan fingerprint density at radius 3 is 1.50 bits per heavy atom. The molecule has 8 aromatic carbocycles. The van der Waals surface area contributed by atoms with Crippen LogP contribution < -0.4 is 0 Å². The molecule has 0 fully saturated rings. The molecule has 0 saturated heterocycles. The van der Waals surface area contributed by atoms with Gasteiger partial charge in [-0.05, 0) is 125 Å². The molecular weight excluding hydrogens is 707 g/mol. The Kier molecular flexibility index (Phi) is 7.29. The van der Waals surface area contributed by atoms with Crippen LogP contribution in [0, 0.1) is 0 Å². The third-order valence-electron chi connectivity index (χ3n) is 11.8. The first-order chi connectivity index (χ1) is 28.7. The predicted octanol–water partition coefficient (Wildman–Crippen LogP) is 13.2. The molecule has 5 nitrogen and oxygen atoms in total. The van der Waals surface area contributed by atoms with Gasteiger partial charge in [0.1, 0.15) is 0 Å². The molecule has 11 aromatic rings. The van der Waals surface area contributed by atoms with Crippen molar-refractivity contribution in [1.29, 1.82) is 0 Å². The van der Waals surface area contributed by atoms with Crippen LogP contribution in [0.15, 0.2) is 182 Å². The van der Waals surface area contributed by atoms with E-state index in [9.17, 15) is 0 Å². The number of fused-ring (bicyclic) bond motifs is 8. The number of hydrogen-bond donors (Lipinski definition) is 0. The fraction of sp³-hybridized carbons (Fsp3) is 0.0377. The number of nitrogens with zero attached hydrogens (tertiary/aromatic N) is 5. The van der Waals surface area contributed by atoms with Crippen molar-refractivity contribution in [3.8, 4) is 45.5 Å². The SMILES string of the molecule is C1=Cc2c(c3cc(-c4nc(-c5ccccc5)nc(-c5ccc(-n6c7cc8ccccc8cc7c7cc8ccccc8cc76)cc5)n4)ccc3n2-c2ccccc2)CC1. The van der Waals surface area contributed by atoms with Gasteiger partial charge in [-0.1, -0.05) is 103 Å². The third kappa shape index (κ3) is 5.21. The van der Waals surface area contributed by atoms with Gasteiger partial charge in [-0.25, -0.2) is 15.0 Å². The van der Waals surface area contributed by atoms with Crippen LogP contribution in [0.2, 0.25) is 0 Å². The lowest BCUT2D eigenvalue weighted by atomic mass is 9.99. The summed E-state index contributed by atoms with van der Waals surface area (Å²) in [4.78, 5) is 15.4. The van der Waals surface area contributed by atoms with E-state index in [4.69, 9.17) is 15.0 Å². The summed E-state index contributed by atoms with van der Waals surface area (Å²) in [5.74, 6) is 1.95. The van der Waals surface area contributed by atoms with Crippen LogP contribution in [-0.4, -0.2) is 24.1 Å². The average molecular weight is 742 g/mol. The van der Waals surface area contributed by atoms with Crippen LogP contribution in [0.3, 0.4) is 0 Å². The average Bonchev–Trinajstić information content (AvgIpc) is 3.79. The summed E-state index contributed by atoms with van der Waals surface area (Å²) in [6, 6.07) is 62.8. The predicted molar refractivity (Wildman–Crippen MR) is 240 cm³/mol. The van der Waals surface area contributed by atoms with Crippen LogP contribution in [0.4, 0.5) is 0 Å². The highest BCUT2D eigenvalue weighted by Crippen LogP contribution is 2.39. The number of hydrogen-bond acceptors (Lipinski definition) is 3. The summed E-state index contributed by atoms with van der Waals surface area (Å²) in [7, 11) is 0. The molecule has 0 saturated carbocycles. The molecule has 3 heterocycles. The minimum Gasteiger partial charge on any atom is -0.310 e. The fourth-order valence-corrected chi connectivity index (χ4v) is 9.01. The van der Waals surface area contributed by atoms with Crippen molar-refractivity contribution in [2.75, 3.05) is 0 Å². The summed E-state index contributed by atoms with van der Waals surface area (Å²) in [5, 5.41) is 8.64. The zero-order chi connectivity index (χ0) is 38.2. The molecule has 0 amide bonds. The van der Waals surface area contributed by atoms with E-state index in [-0.39, 0.29) is 0 Å². The van der Waals surface area contributed by atoms with Crippen LogP contribution in [0.1, 0.15) is 17.7 Å². The zero-order valence-electron chi connectivity index (χ0n) is 31.5. The molecule has 0 spiro atoms. The zero-order valence-corrected chi connectivity index (χ0v) is 31.5. The molecule has 5 heteroatoms. The lowest BCUT2D eigenvalue weighted by molar-refractivity contribution is 0.967. The van der Waals surface area contributed by atoms with E-state index < -0.39 is 0 Å². The second kappa shape index (κ2) is 13.0. The number of benzene rings is 8. The van der Waals surface area contributed by atoms with E-state index in [1.807, 2.05) is 18.2 Å². The summed E-state index contributed by atoms with van der Waals surface area (Å²) in [6.07, 6.45) is 6.57. The fourth-order valence-electron chi connectivity index (χ4n) is 9.01. The van der Waals surface area contributed by atoms with Gasteiger partial charge in [0.05, 0.1) is 16.6 Å². The monoisotopic (exact) mass is 741 g/mol. The summed E-state index contributed by atoms with van der Waals surface area (Å²) < 4.78 is 4.77. The quantitative estimate of drug-likeness (QED) is 0.176. The van der Waals surface area contributed by atoms with Gasteiger partial charge in [-0.3, -0.25) is 0 Å². The van der Waals surface area contributed by atoms with Gasteiger partial charge in [0, 0.05) is 49.9 Å². The molecule has 1 aliphatic rings. The van der Waals surface area contributed by atoms with Gasteiger partial charge < -0.3 is 9.13 Å². The van der Waals surface area contributed by atoms with E-state index in [0.717, 1.165) is 40.9 Å². The van der Waals surface area contributed by atoms with Crippen molar-refractivity contribution in [1.82, 2.24) is 24.1 Å². The minimum absolute atomic E-state index is 0.640. The largest absolute Gasteiger partial charge is 0.310 e. The number of aromatic nitrogens is 5. The maximum absolute atomic E-state index is 5.19. The van der Waals surface area contributed by atoms with E-state index in [0.29, 0.717) is 17.5 Å². The first-order valence-electron chi connectivity index (χ1n) is 19.9.